The molecule has 0 saturated carbocycles. The molecule has 8 heteroatoms. The van der Waals surface area contributed by atoms with Crippen molar-refractivity contribution in [3.05, 3.63) is 59.1 Å². The molecule has 1 saturated heterocycles. The van der Waals surface area contributed by atoms with Gasteiger partial charge in [-0.05, 0) is 30.3 Å². The highest BCUT2D eigenvalue weighted by Crippen LogP contribution is 2.38. The minimum Gasteiger partial charge on any atom is -0.373 e. The Bertz CT molecular complexity index is 824. The second-order valence-electron chi connectivity index (χ2n) is 5.50. The van der Waals surface area contributed by atoms with Gasteiger partial charge in [-0.2, -0.15) is 13.2 Å². The van der Waals surface area contributed by atoms with Gasteiger partial charge in [-0.1, -0.05) is 29.8 Å². The average Bonchev–Trinajstić information content (AvgIpc) is 2.82. The SMILES string of the molecule is O=C1C[C@@H](Nc2ccccc2)C(=O)N1c1ccc(Cl)c(C(F)(F)F)c1. The molecule has 1 heterocycles. The first-order valence-electron chi connectivity index (χ1n) is 7.32. The monoisotopic (exact) mass is 368 g/mol. The summed E-state index contributed by atoms with van der Waals surface area (Å²) in [6.45, 7) is 0. The Balaban J connectivity index is 1.88. The molecule has 1 N–H and O–H groups in total. The van der Waals surface area contributed by atoms with Gasteiger partial charge >= 0.3 is 6.18 Å². The summed E-state index contributed by atoms with van der Waals surface area (Å²) in [5.41, 5.74) is -0.599. The lowest BCUT2D eigenvalue weighted by Gasteiger charge is -2.18. The molecule has 1 aliphatic heterocycles. The van der Waals surface area contributed by atoms with Gasteiger partial charge in [-0.3, -0.25) is 9.59 Å². The maximum atomic E-state index is 13.0. The number of carbonyl (C=O) groups is 2. The number of carbonyl (C=O) groups excluding carboxylic acids is 2. The summed E-state index contributed by atoms with van der Waals surface area (Å²) in [7, 11) is 0. The molecule has 1 atom stereocenters. The highest BCUT2D eigenvalue weighted by molar-refractivity contribution is 6.31. The second-order valence-corrected chi connectivity index (χ2v) is 5.90. The third kappa shape index (κ3) is 3.46. The van der Waals surface area contributed by atoms with Crippen LogP contribution in [-0.4, -0.2) is 17.9 Å². The van der Waals surface area contributed by atoms with E-state index in [0.717, 1.165) is 11.0 Å². The van der Waals surface area contributed by atoms with Gasteiger partial charge in [0.15, 0.2) is 0 Å². The molecule has 4 nitrogen and oxygen atoms in total. The molecule has 2 amide bonds. The normalized spacial score (nSPS) is 17.9. The van der Waals surface area contributed by atoms with Crippen LogP contribution in [0.25, 0.3) is 0 Å². The van der Waals surface area contributed by atoms with E-state index in [1.54, 1.807) is 30.3 Å². The van der Waals surface area contributed by atoms with Crippen molar-refractivity contribution in [2.45, 2.75) is 18.6 Å². The minimum atomic E-state index is -4.68. The van der Waals surface area contributed by atoms with Crippen molar-refractivity contribution in [1.82, 2.24) is 0 Å². The number of benzene rings is 2. The standard InChI is InChI=1S/C17H12ClF3N2O2/c18-13-7-6-11(8-12(13)17(19,20)21)23-15(24)9-14(16(23)25)22-10-4-2-1-3-5-10/h1-8,14,22H,9H2/t14-/m1/s1. The number of para-hydroxylation sites is 1. The summed E-state index contributed by atoms with van der Waals surface area (Å²) in [5.74, 6) is -1.18. The van der Waals surface area contributed by atoms with E-state index in [-0.39, 0.29) is 12.1 Å². The van der Waals surface area contributed by atoms with E-state index in [1.807, 2.05) is 0 Å². The molecule has 1 fully saturated rings. The molecule has 2 aromatic carbocycles. The number of nitrogens with zero attached hydrogens (tertiary/aromatic N) is 1. The molecule has 0 aromatic heterocycles. The number of amides is 2. The predicted octanol–water partition coefficient (Wildman–Crippen LogP) is 4.10. The van der Waals surface area contributed by atoms with Crippen LogP contribution >= 0.6 is 11.6 Å². The molecular formula is C17H12ClF3N2O2. The molecule has 25 heavy (non-hydrogen) atoms. The van der Waals surface area contributed by atoms with Crippen molar-refractivity contribution < 1.29 is 22.8 Å². The zero-order valence-corrected chi connectivity index (χ0v) is 13.4. The fourth-order valence-corrected chi connectivity index (χ4v) is 2.85. The Morgan fingerprint density at radius 1 is 1.08 bits per heavy atom. The van der Waals surface area contributed by atoms with E-state index < -0.39 is 34.6 Å². The van der Waals surface area contributed by atoms with Crippen LogP contribution in [0.5, 0.6) is 0 Å². The van der Waals surface area contributed by atoms with Crippen molar-refractivity contribution in [1.29, 1.82) is 0 Å². The van der Waals surface area contributed by atoms with Crippen LogP contribution in [0.3, 0.4) is 0 Å². The largest absolute Gasteiger partial charge is 0.417 e. The summed E-state index contributed by atoms with van der Waals surface area (Å²) < 4.78 is 39.0. The smallest absolute Gasteiger partial charge is 0.373 e. The first kappa shape index (κ1) is 17.3. The van der Waals surface area contributed by atoms with Crippen LogP contribution in [0.15, 0.2) is 48.5 Å². The number of alkyl halides is 3. The fraction of sp³-hybridized carbons (Fsp3) is 0.176. The molecule has 0 radical (unpaired) electrons. The number of hydrogen-bond donors (Lipinski definition) is 1. The highest BCUT2D eigenvalue weighted by Gasteiger charge is 2.41. The zero-order valence-electron chi connectivity index (χ0n) is 12.7. The molecule has 0 bridgehead atoms. The number of hydrogen-bond acceptors (Lipinski definition) is 3. The lowest BCUT2D eigenvalue weighted by atomic mass is 10.1. The van der Waals surface area contributed by atoms with E-state index in [2.05, 4.69) is 5.32 Å². The number of rotatable bonds is 3. The maximum absolute atomic E-state index is 13.0. The molecule has 2 aromatic rings. The predicted molar refractivity (Wildman–Crippen MR) is 87.4 cm³/mol. The molecule has 3 rings (SSSR count). The van der Waals surface area contributed by atoms with Crippen LogP contribution in [0.1, 0.15) is 12.0 Å². The van der Waals surface area contributed by atoms with Gasteiger partial charge in [0.2, 0.25) is 5.91 Å². The van der Waals surface area contributed by atoms with Crippen LogP contribution in [0, 0.1) is 0 Å². The number of halogens is 4. The van der Waals surface area contributed by atoms with Crippen molar-refractivity contribution >= 4 is 34.8 Å². The topological polar surface area (TPSA) is 49.4 Å². The highest BCUT2D eigenvalue weighted by atomic mass is 35.5. The first-order valence-corrected chi connectivity index (χ1v) is 7.70. The number of nitrogens with one attached hydrogen (secondary N) is 1. The van der Waals surface area contributed by atoms with Gasteiger partial charge in [-0.15, -0.1) is 0 Å². The first-order chi connectivity index (χ1) is 11.8. The number of anilines is 2. The van der Waals surface area contributed by atoms with E-state index in [4.69, 9.17) is 11.6 Å². The summed E-state index contributed by atoms with van der Waals surface area (Å²) in [6, 6.07) is 10.9. The van der Waals surface area contributed by atoms with E-state index in [0.29, 0.717) is 11.8 Å². The third-order valence-corrected chi connectivity index (χ3v) is 4.10. The van der Waals surface area contributed by atoms with E-state index in [1.165, 1.54) is 6.07 Å². The summed E-state index contributed by atoms with van der Waals surface area (Å²) in [4.78, 5) is 25.4. The van der Waals surface area contributed by atoms with Crippen molar-refractivity contribution in [2.24, 2.45) is 0 Å². The van der Waals surface area contributed by atoms with Gasteiger partial charge in [-0.25, -0.2) is 4.90 Å². The van der Waals surface area contributed by atoms with Crippen LogP contribution in [0.4, 0.5) is 24.5 Å². The lowest BCUT2D eigenvalue weighted by molar-refractivity contribution is -0.137. The minimum absolute atomic E-state index is 0.141. The second kappa shape index (κ2) is 6.40. The Morgan fingerprint density at radius 3 is 2.40 bits per heavy atom. The van der Waals surface area contributed by atoms with Gasteiger partial charge in [0, 0.05) is 5.69 Å². The molecule has 0 unspecified atom stereocenters. The van der Waals surface area contributed by atoms with E-state index in [9.17, 15) is 22.8 Å². The molecule has 130 valence electrons. The van der Waals surface area contributed by atoms with Gasteiger partial charge < -0.3 is 5.32 Å². The van der Waals surface area contributed by atoms with Crippen LogP contribution in [-0.2, 0) is 15.8 Å². The fourth-order valence-electron chi connectivity index (χ4n) is 2.62. The van der Waals surface area contributed by atoms with Crippen molar-refractivity contribution in [3.8, 4) is 0 Å². The average molecular weight is 369 g/mol. The van der Waals surface area contributed by atoms with Crippen LogP contribution in [0.2, 0.25) is 5.02 Å². The zero-order chi connectivity index (χ0) is 18.2. The molecule has 1 aliphatic rings. The molecule has 0 aliphatic carbocycles. The van der Waals surface area contributed by atoms with Gasteiger partial charge in [0.25, 0.3) is 5.91 Å². The Labute approximate surface area is 146 Å². The Hall–Kier alpha value is -2.54. The summed E-state index contributed by atoms with van der Waals surface area (Å²) in [5, 5.41) is 2.43. The summed E-state index contributed by atoms with van der Waals surface area (Å²) >= 11 is 5.58. The quantitative estimate of drug-likeness (QED) is 0.830. The van der Waals surface area contributed by atoms with Crippen LogP contribution < -0.4 is 10.2 Å². The van der Waals surface area contributed by atoms with E-state index >= 15 is 0 Å². The lowest BCUT2D eigenvalue weighted by Crippen LogP contribution is -2.35. The third-order valence-electron chi connectivity index (χ3n) is 3.77. The van der Waals surface area contributed by atoms with Gasteiger partial charge in [0.05, 0.1) is 22.7 Å². The van der Waals surface area contributed by atoms with Crippen molar-refractivity contribution in [2.75, 3.05) is 10.2 Å². The van der Waals surface area contributed by atoms with Crippen molar-refractivity contribution in [3.63, 3.8) is 0 Å². The molecular weight excluding hydrogens is 357 g/mol. The molecule has 0 spiro atoms. The Kier molecular flexibility index (Phi) is 4.43. The maximum Gasteiger partial charge on any atom is 0.417 e. The summed E-state index contributed by atoms with van der Waals surface area (Å²) in [6.07, 6.45) is -4.82. The number of imide groups is 1. The van der Waals surface area contributed by atoms with Gasteiger partial charge in [0.1, 0.15) is 6.04 Å². The Morgan fingerprint density at radius 2 is 1.76 bits per heavy atom.